The zero-order valence-electron chi connectivity index (χ0n) is 10.7. The summed E-state index contributed by atoms with van der Waals surface area (Å²) in [7, 11) is 0. The summed E-state index contributed by atoms with van der Waals surface area (Å²) in [4.78, 5) is 0. The topological polar surface area (TPSA) is 17.0 Å². The first-order chi connectivity index (χ1) is 8.83. The quantitative estimate of drug-likeness (QED) is 0.789. The highest BCUT2D eigenvalue weighted by molar-refractivity contribution is 5.50. The number of aromatic nitrogens is 1. The largest absolute Gasteiger partial charge is 0.379 e. The van der Waals surface area contributed by atoms with Gasteiger partial charge in [0.25, 0.3) is 0 Å². The molecule has 0 atom stereocenters. The Hall–Kier alpha value is -2.14. The highest BCUT2D eigenvalue weighted by atomic mass is 15.0. The van der Waals surface area contributed by atoms with Crippen molar-refractivity contribution < 1.29 is 0 Å². The first kappa shape index (κ1) is 12.3. The zero-order valence-corrected chi connectivity index (χ0v) is 10.7. The Labute approximate surface area is 109 Å². The molecule has 0 unspecified atom stereocenters. The van der Waals surface area contributed by atoms with Crippen molar-refractivity contribution in [2.24, 2.45) is 0 Å². The average molecular weight is 238 g/mol. The van der Waals surface area contributed by atoms with Crippen molar-refractivity contribution in [2.75, 3.05) is 5.32 Å². The number of nitrogens with one attached hydrogen (secondary N) is 1. The summed E-state index contributed by atoms with van der Waals surface area (Å²) >= 11 is 0. The summed E-state index contributed by atoms with van der Waals surface area (Å²) in [6.45, 7) is 4.07. The Morgan fingerprint density at radius 3 is 2.94 bits per heavy atom. The van der Waals surface area contributed by atoms with Gasteiger partial charge in [-0.1, -0.05) is 18.9 Å². The minimum atomic E-state index is 0.820. The van der Waals surface area contributed by atoms with Gasteiger partial charge in [0.2, 0.25) is 0 Å². The summed E-state index contributed by atoms with van der Waals surface area (Å²) in [6.07, 6.45) is 8.66. The average Bonchev–Trinajstić information content (AvgIpc) is 2.85. The second-order valence-electron chi connectivity index (χ2n) is 4.27. The van der Waals surface area contributed by atoms with E-state index in [4.69, 9.17) is 6.42 Å². The number of rotatable bonds is 5. The van der Waals surface area contributed by atoms with E-state index in [1.807, 2.05) is 24.3 Å². The molecule has 92 valence electrons. The molecule has 0 aliphatic heterocycles. The fourth-order valence-corrected chi connectivity index (χ4v) is 1.98. The van der Waals surface area contributed by atoms with Crippen LogP contribution in [0.3, 0.4) is 0 Å². The summed E-state index contributed by atoms with van der Waals surface area (Å²) in [5.41, 5.74) is 3.27. The van der Waals surface area contributed by atoms with Crippen LogP contribution in [0.1, 0.15) is 24.6 Å². The first-order valence-corrected chi connectivity index (χ1v) is 6.28. The van der Waals surface area contributed by atoms with Gasteiger partial charge in [0, 0.05) is 29.7 Å². The predicted molar refractivity (Wildman–Crippen MR) is 76.4 cm³/mol. The molecule has 0 fully saturated rings. The molecule has 0 radical (unpaired) electrons. The molecule has 0 aliphatic carbocycles. The Bertz CT molecular complexity index is 546. The highest BCUT2D eigenvalue weighted by Gasteiger charge is 2.00. The Balaban J connectivity index is 2.02. The molecule has 18 heavy (non-hydrogen) atoms. The summed E-state index contributed by atoms with van der Waals surface area (Å²) in [6, 6.07) is 12.2. The van der Waals surface area contributed by atoms with E-state index in [9.17, 15) is 0 Å². The molecule has 2 nitrogen and oxygen atoms in total. The zero-order chi connectivity index (χ0) is 12.8. The Morgan fingerprint density at radius 1 is 1.28 bits per heavy atom. The Kier molecular flexibility index (Phi) is 4.09. The number of hydrogen-bond donors (Lipinski definition) is 1. The number of terminal acetylenes is 1. The summed E-state index contributed by atoms with van der Waals surface area (Å²) in [5, 5.41) is 3.40. The number of nitrogens with zero attached hydrogens (tertiary/aromatic N) is 1. The molecule has 0 amide bonds. The lowest BCUT2D eigenvalue weighted by Gasteiger charge is -2.10. The molecule has 0 saturated carbocycles. The van der Waals surface area contributed by atoms with E-state index in [0.29, 0.717) is 0 Å². The first-order valence-electron chi connectivity index (χ1n) is 6.28. The number of benzene rings is 1. The van der Waals surface area contributed by atoms with Crippen LogP contribution in [0.5, 0.6) is 0 Å². The van der Waals surface area contributed by atoms with Crippen molar-refractivity contribution in [3.63, 3.8) is 0 Å². The molecule has 0 spiro atoms. The second-order valence-corrected chi connectivity index (χ2v) is 4.27. The molecule has 1 aromatic heterocycles. The van der Waals surface area contributed by atoms with Crippen molar-refractivity contribution in [2.45, 2.75) is 26.4 Å². The van der Waals surface area contributed by atoms with Crippen molar-refractivity contribution in [3.05, 3.63) is 53.9 Å². The highest BCUT2D eigenvalue weighted by Crippen LogP contribution is 2.12. The van der Waals surface area contributed by atoms with Crippen molar-refractivity contribution in [3.8, 4) is 12.3 Å². The van der Waals surface area contributed by atoms with Crippen molar-refractivity contribution in [1.29, 1.82) is 0 Å². The molecular formula is C16H18N2. The number of aryl methyl sites for hydroxylation is 1. The van der Waals surface area contributed by atoms with Gasteiger partial charge in [0.15, 0.2) is 0 Å². The van der Waals surface area contributed by atoms with Crippen LogP contribution in [-0.2, 0) is 13.1 Å². The van der Waals surface area contributed by atoms with Crippen molar-refractivity contribution >= 4 is 5.69 Å². The molecule has 0 aliphatic rings. The third kappa shape index (κ3) is 2.95. The van der Waals surface area contributed by atoms with Gasteiger partial charge >= 0.3 is 0 Å². The van der Waals surface area contributed by atoms with Crippen molar-refractivity contribution in [1.82, 2.24) is 4.57 Å². The van der Waals surface area contributed by atoms with Crippen LogP contribution in [0.15, 0.2) is 42.6 Å². The Morgan fingerprint density at radius 2 is 2.17 bits per heavy atom. The van der Waals surface area contributed by atoms with E-state index in [0.717, 1.165) is 30.8 Å². The van der Waals surface area contributed by atoms with Gasteiger partial charge in [0.05, 0.1) is 6.54 Å². The van der Waals surface area contributed by atoms with Gasteiger partial charge in [-0.05, 0) is 36.8 Å². The van der Waals surface area contributed by atoms with E-state index in [1.54, 1.807) is 0 Å². The summed E-state index contributed by atoms with van der Waals surface area (Å²) < 4.78 is 2.28. The van der Waals surface area contributed by atoms with E-state index in [2.05, 4.69) is 41.1 Å². The monoisotopic (exact) mass is 238 g/mol. The minimum Gasteiger partial charge on any atom is -0.379 e. The maximum absolute atomic E-state index is 5.39. The fourth-order valence-electron chi connectivity index (χ4n) is 1.98. The molecule has 2 rings (SSSR count). The second kappa shape index (κ2) is 5.97. The molecule has 2 aromatic rings. The van der Waals surface area contributed by atoms with Crippen LogP contribution in [0.25, 0.3) is 0 Å². The maximum Gasteiger partial charge on any atom is 0.0553 e. The van der Waals surface area contributed by atoms with Gasteiger partial charge in [-0.25, -0.2) is 0 Å². The number of anilines is 1. The standard InChI is InChI=1S/C16H18N2/c1-3-10-18-11-6-9-16(18)13-17-15-8-5-7-14(4-2)12-15/h2,5-9,11-12,17H,3,10,13H2,1H3. The van der Waals surface area contributed by atoms with E-state index in [1.165, 1.54) is 5.69 Å². The molecule has 1 heterocycles. The smallest absolute Gasteiger partial charge is 0.0553 e. The van der Waals surface area contributed by atoms with Gasteiger partial charge < -0.3 is 9.88 Å². The van der Waals surface area contributed by atoms with Gasteiger partial charge in [-0.15, -0.1) is 6.42 Å². The molecule has 1 aromatic carbocycles. The maximum atomic E-state index is 5.39. The number of hydrogen-bond acceptors (Lipinski definition) is 1. The molecule has 1 N–H and O–H groups in total. The van der Waals surface area contributed by atoms with E-state index >= 15 is 0 Å². The third-order valence-corrected chi connectivity index (χ3v) is 2.89. The van der Waals surface area contributed by atoms with Crippen LogP contribution >= 0.6 is 0 Å². The molecular weight excluding hydrogens is 220 g/mol. The minimum absolute atomic E-state index is 0.820. The van der Waals surface area contributed by atoms with Gasteiger partial charge in [-0.2, -0.15) is 0 Å². The third-order valence-electron chi connectivity index (χ3n) is 2.89. The van der Waals surface area contributed by atoms with E-state index < -0.39 is 0 Å². The van der Waals surface area contributed by atoms with Gasteiger partial charge in [0.1, 0.15) is 0 Å². The van der Waals surface area contributed by atoms with Crippen LogP contribution in [0.4, 0.5) is 5.69 Å². The lowest BCUT2D eigenvalue weighted by atomic mass is 10.2. The summed E-state index contributed by atoms with van der Waals surface area (Å²) in [5.74, 6) is 2.65. The van der Waals surface area contributed by atoms with Crippen LogP contribution < -0.4 is 5.32 Å². The van der Waals surface area contributed by atoms with Crippen LogP contribution in [-0.4, -0.2) is 4.57 Å². The molecule has 2 heteroatoms. The molecule has 0 saturated heterocycles. The molecule has 0 bridgehead atoms. The lowest BCUT2D eigenvalue weighted by Crippen LogP contribution is -2.06. The normalized spacial score (nSPS) is 10.0. The van der Waals surface area contributed by atoms with Crippen LogP contribution in [0.2, 0.25) is 0 Å². The van der Waals surface area contributed by atoms with E-state index in [-0.39, 0.29) is 0 Å². The predicted octanol–water partition coefficient (Wildman–Crippen LogP) is 3.49. The van der Waals surface area contributed by atoms with Crippen LogP contribution in [0, 0.1) is 12.3 Å². The lowest BCUT2D eigenvalue weighted by molar-refractivity contribution is 0.654. The SMILES string of the molecule is C#Cc1cccc(NCc2cccn2CCC)c1. The fraction of sp³-hybridized carbons (Fsp3) is 0.250. The van der Waals surface area contributed by atoms with Gasteiger partial charge in [-0.3, -0.25) is 0 Å².